The summed E-state index contributed by atoms with van der Waals surface area (Å²) >= 11 is 0. The molecule has 0 aliphatic heterocycles. The first kappa shape index (κ1) is 12.6. The van der Waals surface area contributed by atoms with Crippen molar-refractivity contribution in [2.24, 2.45) is 0 Å². The number of rotatable bonds is 2. The van der Waals surface area contributed by atoms with Gasteiger partial charge in [0.05, 0.1) is 5.52 Å². The van der Waals surface area contributed by atoms with Crippen molar-refractivity contribution < 1.29 is 0 Å². The second kappa shape index (κ2) is 4.70. The van der Waals surface area contributed by atoms with Crippen LogP contribution in [0.25, 0.3) is 21.8 Å². The number of H-pyrrole nitrogens is 2. The predicted octanol–water partition coefficient (Wildman–Crippen LogP) is 2.85. The molecule has 0 aliphatic carbocycles. The highest BCUT2D eigenvalue weighted by Gasteiger charge is 2.07. The van der Waals surface area contributed by atoms with Crippen molar-refractivity contribution in [2.45, 2.75) is 6.92 Å². The summed E-state index contributed by atoms with van der Waals surface area (Å²) in [4.78, 5) is 18.7. The molecule has 0 unspecified atom stereocenters. The number of nitrogens with one attached hydrogen (secondary N) is 3. The van der Waals surface area contributed by atoms with Crippen molar-refractivity contribution >= 4 is 33.3 Å². The molecule has 0 bridgehead atoms. The fourth-order valence-electron chi connectivity index (χ4n) is 2.61. The highest BCUT2D eigenvalue weighted by Crippen LogP contribution is 2.25. The van der Waals surface area contributed by atoms with E-state index < -0.39 is 0 Å². The van der Waals surface area contributed by atoms with Crippen molar-refractivity contribution in [3.8, 4) is 0 Å². The van der Waals surface area contributed by atoms with Crippen LogP contribution in [0.5, 0.6) is 0 Å². The normalized spacial score (nSPS) is 11.1. The summed E-state index contributed by atoms with van der Waals surface area (Å²) in [7, 11) is 0. The van der Waals surface area contributed by atoms with E-state index in [2.05, 4.69) is 25.5 Å². The summed E-state index contributed by atoms with van der Waals surface area (Å²) in [5, 5.41) is 12.3. The minimum absolute atomic E-state index is 0.103. The maximum atomic E-state index is 11.6. The number of aryl methyl sites for hydroxylation is 1. The van der Waals surface area contributed by atoms with E-state index in [-0.39, 0.29) is 5.56 Å². The van der Waals surface area contributed by atoms with Crippen molar-refractivity contribution in [2.75, 3.05) is 5.32 Å². The van der Waals surface area contributed by atoms with Crippen LogP contribution in [0.1, 0.15) is 5.69 Å². The van der Waals surface area contributed by atoms with Gasteiger partial charge in [-0.15, -0.1) is 0 Å². The number of hydrogen-bond donors (Lipinski definition) is 3. The van der Waals surface area contributed by atoms with Gasteiger partial charge >= 0.3 is 0 Å². The standard InChI is InChI=1S/C16H13N5O/c1-9-12-5-4-11(7-10(12)8-14(22)18-9)19-16-15-13(20-21-16)3-2-6-17-15/h2-8H,1H3,(H,18,22)(H2,19,20,21). The van der Waals surface area contributed by atoms with Gasteiger partial charge in [0, 0.05) is 29.0 Å². The number of benzene rings is 1. The predicted molar refractivity (Wildman–Crippen MR) is 86.5 cm³/mol. The Hall–Kier alpha value is -3.15. The molecule has 6 heteroatoms. The molecule has 0 spiro atoms. The fraction of sp³-hybridized carbons (Fsp3) is 0.0625. The summed E-state index contributed by atoms with van der Waals surface area (Å²) in [5.74, 6) is 0.663. The number of fused-ring (bicyclic) bond motifs is 2. The lowest BCUT2D eigenvalue weighted by molar-refractivity contribution is 1.12. The van der Waals surface area contributed by atoms with Gasteiger partial charge in [0.1, 0.15) is 5.52 Å². The van der Waals surface area contributed by atoms with Crippen molar-refractivity contribution in [3.63, 3.8) is 0 Å². The lowest BCUT2D eigenvalue weighted by Gasteiger charge is -2.06. The molecule has 6 nitrogen and oxygen atoms in total. The van der Waals surface area contributed by atoms with Crippen LogP contribution in [0.3, 0.4) is 0 Å². The molecule has 0 aliphatic rings. The van der Waals surface area contributed by atoms with Crippen LogP contribution < -0.4 is 10.9 Å². The first-order valence-electron chi connectivity index (χ1n) is 6.90. The van der Waals surface area contributed by atoms with Gasteiger partial charge in [0.25, 0.3) is 0 Å². The van der Waals surface area contributed by atoms with Gasteiger partial charge in [-0.1, -0.05) is 6.07 Å². The van der Waals surface area contributed by atoms with E-state index in [1.54, 1.807) is 12.3 Å². The van der Waals surface area contributed by atoms with Gasteiger partial charge in [0.15, 0.2) is 5.82 Å². The lowest BCUT2D eigenvalue weighted by atomic mass is 10.1. The molecule has 4 aromatic rings. The zero-order valence-electron chi connectivity index (χ0n) is 11.8. The average molecular weight is 291 g/mol. The van der Waals surface area contributed by atoms with E-state index in [9.17, 15) is 4.79 Å². The Morgan fingerprint density at radius 3 is 3.00 bits per heavy atom. The van der Waals surface area contributed by atoms with Crippen LogP contribution >= 0.6 is 0 Å². The topological polar surface area (TPSA) is 86.5 Å². The third-order valence-corrected chi connectivity index (χ3v) is 3.64. The van der Waals surface area contributed by atoms with Crippen LogP contribution in [0.4, 0.5) is 11.5 Å². The summed E-state index contributed by atoms with van der Waals surface area (Å²) in [6, 6.07) is 11.2. The highest BCUT2D eigenvalue weighted by molar-refractivity contribution is 5.91. The maximum absolute atomic E-state index is 11.6. The number of aromatic amines is 2. The second-order valence-corrected chi connectivity index (χ2v) is 5.16. The van der Waals surface area contributed by atoms with E-state index in [1.807, 2.05) is 37.3 Å². The molecule has 3 aromatic heterocycles. The van der Waals surface area contributed by atoms with Gasteiger partial charge in [-0.2, -0.15) is 5.10 Å². The van der Waals surface area contributed by atoms with Gasteiger partial charge < -0.3 is 10.3 Å². The molecule has 22 heavy (non-hydrogen) atoms. The monoisotopic (exact) mass is 291 g/mol. The summed E-state index contributed by atoms with van der Waals surface area (Å²) < 4.78 is 0. The molecular weight excluding hydrogens is 278 g/mol. The smallest absolute Gasteiger partial charge is 0.248 e. The molecule has 0 saturated carbocycles. The minimum Gasteiger partial charge on any atom is -0.337 e. The van der Waals surface area contributed by atoms with Crippen molar-refractivity contribution in [1.82, 2.24) is 20.2 Å². The largest absolute Gasteiger partial charge is 0.337 e. The van der Waals surface area contributed by atoms with Crippen LogP contribution in [0.2, 0.25) is 0 Å². The quantitative estimate of drug-likeness (QED) is 0.530. The molecule has 3 heterocycles. The molecule has 3 N–H and O–H groups in total. The van der Waals surface area contributed by atoms with E-state index in [0.717, 1.165) is 33.2 Å². The Morgan fingerprint density at radius 1 is 1.18 bits per heavy atom. The van der Waals surface area contributed by atoms with E-state index in [1.165, 1.54) is 0 Å². The SMILES string of the molecule is Cc1[nH]c(=O)cc2cc(Nc3n[nH]c4cccnc34)ccc12. The Kier molecular flexibility index (Phi) is 2.69. The Labute approximate surface area is 125 Å². The fourth-order valence-corrected chi connectivity index (χ4v) is 2.61. The second-order valence-electron chi connectivity index (χ2n) is 5.16. The number of anilines is 2. The highest BCUT2D eigenvalue weighted by atomic mass is 16.1. The number of aromatic nitrogens is 4. The number of pyridine rings is 2. The van der Waals surface area contributed by atoms with Gasteiger partial charge in [-0.05, 0) is 36.6 Å². The van der Waals surface area contributed by atoms with Gasteiger partial charge in [0.2, 0.25) is 5.56 Å². The van der Waals surface area contributed by atoms with Crippen LogP contribution in [-0.2, 0) is 0 Å². The van der Waals surface area contributed by atoms with E-state index >= 15 is 0 Å². The molecule has 0 radical (unpaired) electrons. The summed E-state index contributed by atoms with van der Waals surface area (Å²) in [5.41, 5.74) is 3.27. The molecule has 0 atom stereocenters. The first-order chi connectivity index (χ1) is 10.7. The third kappa shape index (κ3) is 2.01. The Morgan fingerprint density at radius 2 is 2.09 bits per heavy atom. The third-order valence-electron chi connectivity index (χ3n) is 3.64. The van der Waals surface area contributed by atoms with Gasteiger partial charge in [-0.3, -0.25) is 14.9 Å². The number of nitrogens with zero attached hydrogens (tertiary/aromatic N) is 2. The number of hydrogen-bond acceptors (Lipinski definition) is 4. The molecule has 0 fully saturated rings. The Bertz CT molecular complexity index is 1050. The first-order valence-corrected chi connectivity index (χ1v) is 6.90. The lowest BCUT2D eigenvalue weighted by Crippen LogP contribution is -2.05. The Balaban J connectivity index is 1.80. The maximum Gasteiger partial charge on any atom is 0.248 e. The van der Waals surface area contributed by atoms with Crippen LogP contribution in [-0.4, -0.2) is 20.2 Å². The summed E-state index contributed by atoms with van der Waals surface area (Å²) in [6.45, 7) is 1.89. The van der Waals surface area contributed by atoms with E-state index in [4.69, 9.17) is 0 Å². The molecule has 1 aromatic carbocycles. The molecule has 4 rings (SSSR count). The minimum atomic E-state index is -0.103. The van der Waals surface area contributed by atoms with Crippen LogP contribution in [0, 0.1) is 6.92 Å². The van der Waals surface area contributed by atoms with Crippen LogP contribution in [0.15, 0.2) is 47.4 Å². The summed E-state index contributed by atoms with van der Waals surface area (Å²) in [6.07, 6.45) is 1.73. The molecule has 0 amide bonds. The zero-order chi connectivity index (χ0) is 15.1. The molecule has 108 valence electrons. The van der Waals surface area contributed by atoms with Crippen molar-refractivity contribution in [1.29, 1.82) is 0 Å². The van der Waals surface area contributed by atoms with Gasteiger partial charge in [-0.25, -0.2) is 0 Å². The average Bonchev–Trinajstić information content (AvgIpc) is 2.90. The molecule has 0 saturated heterocycles. The zero-order valence-corrected chi connectivity index (χ0v) is 11.8. The molecular formula is C16H13N5O. The van der Waals surface area contributed by atoms with Crippen molar-refractivity contribution in [3.05, 3.63) is 58.6 Å². The van der Waals surface area contributed by atoms with E-state index in [0.29, 0.717) is 5.82 Å².